The molecule has 20 heavy (non-hydrogen) atoms. The second-order valence-electron chi connectivity index (χ2n) is 6.72. The smallest absolute Gasteiger partial charge is 0.228 e. The molecule has 0 bridgehead atoms. The van der Waals surface area contributed by atoms with E-state index in [1.165, 1.54) is 38.5 Å². The Morgan fingerprint density at radius 2 is 2.15 bits per heavy atom. The van der Waals surface area contributed by atoms with Crippen LogP contribution in [0.25, 0.3) is 0 Å². The molecule has 0 saturated heterocycles. The number of rotatable bonds is 6. The molecule has 1 heterocycles. The monoisotopic (exact) mass is 277 g/mol. The van der Waals surface area contributed by atoms with Crippen LogP contribution in [0.3, 0.4) is 0 Å². The van der Waals surface area contributed by atoms with Crippen molar-refractivity contribution in [3.8, 4) is 0 Å². The van der Waals surface area contributed by atoms with Gasteiger partial charge in [-0.15, -0.1) is 0 Å². The van der Waals surface area contributed by atoms with E-state index >= 15 is 0 Å². The zero-order valence-corrected chi connectivity index (χ0v) is 12.8. The second-order valence-corrected chi connectivity index (χ2v) is 6.72. The van der Waals surface area contributed by atoms with E-state index in [1.54, 1.807) is 0 Å². The zero-order chi connectivity index (χ0) is 13.9. The van der Waals surface area contributed by atoms with Crippen molar-refractivity contribution in [1.29, 1.82) is 0 Å². The second kappa shape index (κ2) is 6.25. The minimum absolute atomic E-state index is 0.523. The first-order valence-corrected chi connectivity index (χ1v) is 8.32. The van der Waals surface area contributed by atoms with E-state index in [4.69, 9.17) is 4.52 Å². The van der Waals surface area contributed by atoms with E-state index in [9.17, 15) is 0 Å². The van der Waals surface area contributed by atoms with Gasteiger partial charge in [-0.25, -0.2) is 0 Å². The summed E-state index contributed by atoms with van der Waals surface area (Å²) in [5.41, 5.74) is 0. The number of nitrogens with one attached hydrogen (secondary N) is 1. The van der Waals surface area contributed by atoms with Gasteiger partial charge in [0.1, 0.15) is 0 Å². The SMILES string of the molecule is CCNC(Cc1nc(C2CCCC(C)C2)no1)C1CC1. The van der Waals surface area contributed by atoms with Crippen LogP contribution in [-0.2, 0) is 6.42 Å². The third-order valence-electron chi connectivity index (χ3n) is 4.84. The van der Waals surface area contributed by atoms with E-state index in [-0.39, 0.29) is 0 Å². The molecule has 4 heteroatoms. The van der Waals surface area contributed by atoms with Crippen molar-refractivity contribution in [2.45, 2.75) is 70.8 Å². The average molecular weight is 277 g/mol. The maximum Gasteiger partial charge on any atom is 0.228 e. The van der Waals surface area contributed by atoms with E-state index < -0.39 is 0 Å². The van der Waals surface area contributed by atoms with Crippen molar-refractivity contribution in [3.63, 3.8) is 0 Å². The van der Waals surface area contributed by atoms with Crippen LogP contribution in [0.4, 0.5) is 0 Å². The molecule has 2 saturated carbocycles. The number of aromatic nitrogens is 2. The third-order valence-corrected chi connectivity index (χ3v) is 4.84. The zero-order valence-electron chi connectivity index (χ0n) is 12.8. The van der Waals surface area contributed by atoms with Crippen molar-refractivity contribution < 1.29 is 4.52 Å². The van der Waals surface area contributed by atoms with E-state index in [0.717, 1.165) is 36.5 Å². The Kier molecular flexibility index (Phi) is 4.39. The molecule has 4 nitrogen and oxygen atoms in total. The molecule has 0 aliphatic heterocycles. The van der Waals surface area contributed by atoms with Gasteiger partial charge in [0.25, 0.3) is 0 Å². The standard InChI is InChI=1S/C16H27N3O/c1-3-17-14(12-7-8-12)10-15-18-16(19-20-15)13-6-4-5-11(2)9-13/h11-14,17H,3-10H2,1-2H3. The first-order chi connectivity index (χ1) is 9.76. The first-order valence-electron chi connectivity index (χ1n) is 8.32. The fourth-order valence-electron chi connectivity index (χ4n) is 3.54. The summed E-state index contributed by atoms with van der Waals surface area (Å²) in [6, 6.07) is 0.526. The molecule has 2 aliphatic carbocycles. The molecule has 0 radical (unpaired) electrons. The van der Waals surface area contributed by atoms with Gasteiger partial charge < -0.3 is 9.84 Å². The quantitative estimate of drug-likeness (QED) is 0.867. The Labute approximate surface area is 121 Å². The summed E-state index contributed by atoms with van der Waals surface area (Å²) < 4.78 is 5.51. The van der Waals surface area contributed by atoms with Crippen LogP contribution in [0.1, 0.15) is 70.0 Å². The summed E-state index contributed by atoms with van der Waals surface area (Å²) in [6.45, 7) is 5.52. The van der Waals surface area contributed by atoms with Gasteiger partial charge in [0.2, 0.25) is 5.89 Å². The Balaban J connectivity index is 1.60. The summed E-state index contributed by atoms with van der Waals surface area (Å²) in [7, 11) is 0. The minimum Gasteiger partial charge on any atom is -0.339 e. The highest BCUT2D eigenvalue weighted by atomic mass is 16.5. The summed E-state index contributed by atoms with van der Waals surface area (Å²) in [5.74, 6) is 3.93. The molecule has 0 aromatic carbocycles. The van der Waals surface area contributed by atoms with Crippen LogP contribution in [0.15, 0.2) is 4.52 Å². The molecule has 3 unspecified atom stereocenters. The Morgan fingerprint density at radius 1 is 1.30 bits per heavy atom. The molecule has 112 valence electrons. The molecule has 1 aromatic heterocycles. The predicted octanol–water partition coefficient (Wildman–Crippen LogP) is 3.29. The molecule has 2 fully saturated rings. The van der Waals surface area contributed by atoms with Crippen molar-refractivity contribution in [2.24, 2.45) is 11.8 Å². The van der Waals surface area contributed by atoms with E-state index in [0.29, 0.717) is 12.0 Å². The lowest BCUT2D eigenvalue weighted by Crippen LogP contribution is -2.33. The number of likely N-dealkylation sites (N-methyl/N-ethyl adjacent to an activating group) is 1. The Morgan fingerprint density at radius 3 is 2.85 bits per heavy atom. The molecule has 3 atom stereocenters. The Bertz CT molecular complexity index is 427. The molecule has 1 N–H and O–H groups in total. The predicted molar refractivity (Wildman–Crippen MR) is 78.6 cm³/mol. The number of hydrogen-bond acceptors (Lipinski definition) is 4. The van der Waals surface area contributed by atoms with Gasteiger partial charge in [-0.1, -0.05) is 31.8 Å². The normalized spacial score (nSPS) is 28.5. The van der Waals surface area contributed by atoms with Gasteiger partial charge >= 0.3 is 0 Å². The largest absolute Gasteiger partial charge is 0.339 e. The third kappa shape index (κ3) is 3.40. The van der Waals surface area contributed by atoms with E-state index in [2.05, 4.69) is 29.3 Å². The topological polar surface area (TPSA) is 51.0 Å². The van der Waals surface area contributed by atoms with Crippen LogP contribution < -0.4 is 5.32 Å². The maximum absolute atomic E-state index is 5.51. The highest BCUT2D eigenvalue weighted by Gasteiger charge is 2.32. The average Bonchev–Trinajstić information content (AvgIpc) is 3.18. The molecule has 2 aliphatic rings. The van der Waals surface area contributed by atoms with Crippen LogP contribution in [0.5, 0.6) is 0 Å². The van der Waals surface area contributed by atoms with Crippen LogP contribution in [0.2, 0.25) is 0 Å². The fraction of sp³-hybridized carbons (Fsp3) is 0.875. The van der Waals surface area contributed by atoms with Gasteiger partial charge in [-0.2, -0.15) is 4.98 Å². The van der Waals surface area contributed by atoms with Crippen molar-refractivity contribution >= 4 is 0 Å². The molecular weight excluding hydrogens is 250 g/mol. The van der Waals surface area contributed by atoms with Crippen molar-refractivity contribution in [2.75, 3.05) is 6.54 Å². The highest BCUT2D eigenvalue weighted by molar-refractivity contribution is 5.00. The van der Waals surface area contributed by atoms with Gasteiger partial charge in [0.05, 0.1) is 0 Å². The Hall–Kier alpha value is -0.900. The van der Waals surface area contributed by atoms with Crippen LogP contribution in [0, 0.1) is 11.8 Å². The fourth-order valence-corrected chi connectivity index (χ4v) is 3.54. The van der Waals surface area contributed by atoms with E-state index in [1.807, 2.05) is 0 Å². The molecule has 1 aromatic rings. The summed E-state index contributed by atoms with van der Waals surface area (Å²) in [5, 5.41) is 7.81. The molecule has 0 spiro atoms. The maximum atomic E-state index is 5.51. The first kappa shape index (κ1) is 14.1. The molecular formula is C16H27N3O. The van der Waals surface area contributed by atoms with Gasteiger partial charge in [0.15, 0.2) is 5.82 Å². The lowest BCUT2D eigenvalue weighted by molar-refractivity contribution is 0.315. The highest BCUT2D eigenvalue weighted by Crippen LogP contribution is 2.36. The van der Waals surface area contributed by atoms with Gasteiger partial charge in [0, 0.05) is 18.4 Å². The van der Waals surface area contributed by atoms with Crippen LogP contribution >= 0.6 is 0 Å². The van der Waals surface area contributed by atoms with Crippen molar-refractivity contribution in [3.05, 3.63) is 11.7 Å². The summed E-state index contributed by atoms with van der Waals surface area (Å²) >= 11 is 0. The number of hydrogen-bond donors (Lipinski definition) is 1. The number of nitrogens with zero attached hydrogens (tertiary/aromatic N) is 2. The lowest BCUT2D eigenvalue weighted by Gasteiger charge is -2.23. The summed E-state index contributed by atoms with van der Waals surface area (Å²) in [4.78, 5) is 4.68. The molecule has 3 rings (SSSR count). The lowest BCUT2D eigenvalue weighted by atomic mass is 9.82. The summed E-state index contributed by atoms with van der Waals surface area (Å²) in [6.07, 6.45) is 8.69. The minimum atomic E-state index is 0.523. The van der Waals surface area contributed by atoms with Gasteiger partial charge in [-0.05, 0) is 44.1 Å². The van der Waals surface area contributed by atoms with Crippen molar-refractivity contribution in [1.82, 2.24) is 15.5 Å². The van der Waals surface area contributed by atoms with Gasteiger partial charge in [-0.3, -0.25) is 0 Å². The van der Waals surface area contributed by atoms with Crippen LogP contribution in [-0.4, -0.2) is 22.7 Å². The molecule has 0 amide bonds.